The van der Waals surface area contributed by atoms with E-state index < -0.39 is 29.0 Å². The number of carbonyl (C=O) groups excluding carboxylic acids is 3. The van der Waals surface area contributed by atoms with E-state index in [-0.39, 0.29) is 11.8 Å². The lowest BCUT2D eigenvalue weighted by molar-refractivity contribution is -0.128. The van der Waals surface area contributed by atoms with E-state index in [1.54, 1.807) is 18.2 Å². The molecule has 0 radical (unpaired) electrons. The highest BCUT2D eigenvalue weighted by Gasteiger charge is 2.70. The van der Waals surface area contributed by atoms with Crippen molar-refractivity contribution in [3.05, 3.63) is 42.0 Å². The van der Waals surface area contributed by atoms with Gasteiger partial charge in [-0.15, -0.1) is 0 Å². The molecule has 0 spiro atoms. The molecule has 6 nitrogen and oxygen atoms in total. The Hall–Kier alpha value is -2.47. The van der Waals surface area contributed by atoms with Crippen molar-refractivity contribution in [2.24, 2.45) is 11.8 Å². The van der Waals surface area contributed by atoms with Gasteiger partial charge in [-0.3, -0.25) is 9.59 Å². The summed E-state index contributed by atoms with van der Waals surface area (Å²) in [6.07, 6.45) is 3.74. The minimum atomic E-state index is -0.763. The van der Waals surface area contributed by atoms with Crippen molar-refractivity contribution in [2.75, 3.05) is 12.0 Å². The van der Waals surface area contributed by atoms with Crippen LogP contribution < -0.4 is 4.90 Å². The largest absolute Gasteiger partial charge is 0.465 e. The SMILES string of the molecule is COC(=O)c1cccc(N2C(=O)[C@@H]3[C@H](C2=O)[C@]2(C)C=C[C@@]3(C)O2)c1. The first-order chi connectivity index (χ1) is 11.3. The number of nitrogens with zero attached hydrogens (tertiary/aromatic N) is 1. The summed E-state index contributed by atoms with van der Waals surface area (Å²) in [5.41, 5.74) is -0.849. The molecular formula is C18H17NO5. The average molecular weight is 327 g/mol. The molecule has 4 atom stereocenters. The molecule has 2 fully saturated rings. The molecule has 1 aromatic carbocycles. The Balaban J connectivity index is 1.76. The molecule has 124 valence electrons. The van der Waals surface area contributed by atoms with Crippen molar-refractivity contribution in [3.63, 3.8) is 0 Å². The molecule has 4 rings (SSSR count). The van der Waals surface area contributed by atoms with Gasteiger partial charge in [-0.05, 0) is 32.0 Å². The van der Waals surface area contributed by atoms with Crippen LogP contribution >= 0.6 is 0 Å². The predicted octanol–water partition coefficient (Wildman–Crippen LogP) is 1.70. The first kappa shape index (κ1) is 15.1. The summed E-state index contributed by atoms with van der Waals surface area (Å²) < 4.78 is 10.7. The number of ether oxygens (including phenoxy) is 2. The van der Waals surface area contributed by atoms with Crippen LogP contribution in [0.25, 0.3) is 0 Å². The number of carbonyl (C=O) groups is 3. The van der Waals surface area contributed by atoms with Crippen LogP contribution in [-0.4, -0.2) is 36.1 Å². The van der Waals surface area contributed by atoms with Gasteiger partial charge in [0.1, 0.15) is 0 Å². The average Bonchev–Trinajstić information content (AvgIpc) is 3.11. The third-order valence-corrected chi connectivity index (χ3v) is 5.25. The fraction of sp³-hybridized carbons (Fsp3) is 0.389. The molecule has 2 saturated heterocycles. The van der Waals surface area contributed by atoms with Crippen LogP contribution in [0.4, 0.5) is 5.69 Å². The second kappa shape index (κ2) is 4.54. The molecule has 0 N–H and O–H groups in total. The highest BCUT2D eigenvalue weighted by Crippen LogP contribution is 2.57. The van der Waals surface area contributed by atoms with E-state index >= 15 is 0 Å². The standard InChI is InChI=1S/C18H17NO5/c1-17-7-8-18(2,24-17)13-12(17)14(20)19(15(13)21)11-6-4-5-10(9-11)16(22)23-3/h4-9,12-13H,1-3H3/t12-,13+,17+,18-. The zero-order valence-corrected chi connectivity index (χ0v) is 13.6. The summed E-state index contributed by atoms with van der Waals surface area (Å²) in [7, 11) is 1.29. The van der Waals surface area contributed by atoms with Gasteiger partial charge in [0, 0.05) is 0 Å². The number of hydrogen-bond acceptors (Lipinski definition) is 5. The molecule has 0 saturated carbocycles. The Morgan fingerprint density at radius 3 is 2.25 bits per heavy atom. The van der Waals surface area contributed by atoms with E-state index in [4.69, 9.17) is 9.47 Å². The second-order valence-electron chi connectivity index (χ2n) is 6.81. The first-order valence-corrected chi connectivity index (χ1v) is 7.77. The third kappa shape index (κ3) is 1.72. The molecule has 24 heavy (non-hydrogen) atoms. The lowest BCUT2D eigenvalue weighted by Crippen LogP contribution is -2.39. The van der Waals surface area contributed by atoms with Gasteiger partial charge >= 0.3 is 5.97 Å². The zero-order chi connectivity index (χ0) is 17.3. The van der Waals surface area contributed by atoms with Gasteiger partial charge in [-0.1, -0.05) is 18.2 Å². The number of amides is 2. The molecule has 2 bridgehead atoms. The maximum absolute atomic E-state index is 13.0. The van der Waals surface area contributed by atoms with Crippen LogP contribution in [0.3, 0.4) is 0 Å². The Kier molecular flexibility index (Phi) is 2.85. The molecule has 3 heterocycles. The minimum Gasteiger partial charge on any atom is -0.465 e. The Labute approximate surface area is 139 Å². The smallest absolute Gasteiger partial charge is 0.337 e. The Morgan fingerprint density at radius 2 is 1.71 bits per heavy atom. The second-order valence-corrected chi connectivity index (χ2v) is 6.81. The molecule has 0 aliphatic carbocycles. The lowest BCUT2D eigenvalue weighted by Gasteiger charge is -2.25. The predicted molar refractivity (Wildman–Crippen MR) is 84.3 cm³/mol. The molecular weight excluding hydrogens is 310 g/mol. The van der Waals surface area contributed by atoms with Gasteiger partial charge in [0.2, 0.25) is 11.8 Å². The van der Waals surface area contributed by atoms with Crippen molar-refractivity contribution in [1.29, 1.82) is 0 Å². The molecule has 3 aliphatic heterocycles. The molecule has 1 aromatic rings. The number of hydrogen-bond donors (Lipinski definition) is 0. The van der Waals surface area contributed by atoms with Crippen molar-refractivity contribution < 1.29 is 23.9 Å². The minimum absolute atomic E-state index is 0.289. The fourth-order valence-corrected chi connectivity index (χ4v) is 4.18. The molecule has 2 amide bonds. The number of anilines is 1. The zero-order valence-electron chi connectivity index (χ0n) is 13.6. The molecule has 0 unspecified atom stereocenters. The van der Waals surface area contributed by atoms with E-state index in [1.807, 2.05) is 26.0 Å². The van der Waals surface area contributed by atoms with E-state index in [0.717, 1.165) is 0 Å². The Morgan fingerprint density at radius 1 is 1.12 bits per heavy atom. The fourth-order valence-electron chi connectivity index (χ4n) is 4.18. The summed E-state index contributed by atoms with van der Waals surface area (Å²) in [6, 6.07) is 6.36. The van der Waals surface area contributed by atoms with Gasteiger partial charge in [-0.25, -0.2) is 9.69 Å². The van der Waals surface area contributed by atoms with Crippen molar-refractivity contribution in [3.8, 4) is 0 Å². The van der Waals surface area contributed by atoms with Crippen LogP contribution in [0.2, 0.25) is 0 Å². The number of imide groups is 1. The van der Waals surface area contributed by atoms with Crippen molar-refractivity contribution in [2.45, 2.75) is 25.0 Å². The summed E-state index contributed by atoms with van der Waals surface area (Å²) in [6.45, 7) is 3.66. The summed E-state index contributed by atoms with van der Waals surface area (Å²) in [5, 5.41) is 0. The van der Waals surface area contributed by atoms with Gasteiger partial charge in [0.05, 0.1) is 41.4 Å². The summed E-state index contributed by atoms with van der Waals surface area (Å²) >= 11 is 0. The van der Waals surface area contributed by atoms with Gasteiger partial charge in [-0.2, -0.15) is 0 Å². The number of benzene rings is 1. The van der Waals surface area contributed by atoms with Gasteiger partial charge in [0.15, 0.2) is 0 Å². The first-order valence-electron chi connectivity index (χ1n) is 7.77. The monoisotopic (exact) mass is 327 g/mol. The van der Waals surface area contributed by atoms with Crippen molar-refractivity contribution >= 4 is 23.5 Å². The van der Waals surface area contributed by atoms with Crippen LogP contribution in [0.5, 0.6) is 0 Å². The van der Waals surface area contributed by atoms with E-state index in [2.05, 4.69) is 0 Å². The molecule has 0 aromatic heterocycles. The quantitative estimate of drug-likeness (QED) is 0.470. The number of esters is 1. The molecule has 6 heteroatoms. The van der Waals surface area contributed by atoms with Crippen LogP contribution in [-0.2, 0) is 19.1 Å². The lowest BCUT2D eigenvalue weighted by atomic mass is 9.73. The highest BCUT2D eigenvalue weighted by atomic mass is 16.5. The maximum atomic E-state index is 13.0. The van der Waals surface area contributed by atoms with Gasteiger partial charge in [0.25, 0.3) is 0 Å². The third-order valence-electron chi connectivity index (χ3n) is 5.25. The Bertz CT molecular complexity index is 779. The maximum Gasteiger partial charge on any atom is 0.337 e. The van der Waals surface area contributed by atoms with Crippen LogP contribution in [0.15, 0.2) is 36.4 Å². The van der Waals surface area contributed by atoms with E-state index in [9.17, 15) is 14.4 Å². The number of fused-ring (bicyclic) bond motifs is 5. The highest BCUT2D eigenvalue weighted by molar-refractivity contribution is 6.23. The van der Waals surface area contributed by atoms with E-state index in [0.29, 0.717) is 11.3 Å². The van der Waals surface area contributed by atoms with Crippen LogP contribution in [0, 0.1) is 11.8 Å². The topological polar surface area (TPSA) is 72.9 Å². The number of rotatable bonds is 2. The summed E-state index contributed by atoms with van der Waals surface area (Å²) in [4.78, 5) is 38.8. The molecule has 3 aliphatic rings. The normalized spacial score (nSPS) is 36.4. The summed E-state index contributed by atoms with van der Waals surface area (Å²) in [5.74, 6) is -2.17. The van der Waals surface area contributed by atoms with Crippen molar-refractivity contribution in [1.82, 2.24) is 0 Å². The van der Waals surface area contributed by atoms with E-state index in [1.165, 1.54) is 18.1 Å². The number of methoxy groups -OCH3 is 1. The van der Waals surface area contributed by atoms with Gasteiger partial charge < -0.3 is 9.47 Å². The van der Waals surface area contributed by atoms with Crippen LogP contribution in [0.1, 0.15) is 24.2 Å².